The Kier molecular flexibility index (Phi) is 5.55. The third-order valence-corrected chi connectivity index (χ3v) is 3.27. The molecule has 1 rings (SSSR count). The normalized spacial score (nSPS) is 13.6. The summed E-state index contributed by atoms with van der Waals surface area (Å²) in [5, 5.41) is 12.2. The third kappa shape index (κ3) is 3.56. The topological polar surface area (TPSA) is 66.4 Å². The second-order valence-corrected chi connectivity index (χ2v) is 4.58. The Hall–Kier alpha value is -1.84. The summed E-state index contributed by atoms with van der Waals surface area (Å²) in [6, 6.07) is 8.85. The Labute approximate surface area is 113 Å². The van der Waals surface area contributed by atoms with Gasteiger partial charge in [0, 0.05) is 6.42 Å². The molecule has 0 aliphatic heterocycles. The molecule has 0 fully saturated rings. The zero-order valence-corrected chi connectivity index (χ0v) is 11.5. The highest BCUT2D eigenvalue weighted by Gasteiger charge is 2.39. The van der Waals surface area contributed by atoms with E-state index in [0.29, 0.717) is 18.4 Å². The molecule has 0 bridgehead atoms. The van der Waals surface area contributed by atoms with E-state index in [2.05, 4.69) is 5.32 Å². The van der Waals surface area contributed by atoms with E-state index in [-0.39, 0.29) is 5.91 Å². The number of rotatable bonds is 7. The Morgan fingerprint density at radius 3 is 2.32 bits per heavy atom. The molecule has 0 saturated heterocycles. The number of hydrogen-bond acceptors (Lipinski definition) is 2. The van der Waals surface area contributed by atoms with Gasteiger partial charge in [0.15, 0.2) is 5.54 Å². The number of nitrogens with one attached hydrogen (secondary N) is 1. The van der Waals surface area contributed by atoms with Crippen LogP contribution >= 0.6 is 0 Å². The lowest BCUT2D eigenvalue weighted by molar-refractivity contribution is -0.148. The van der Waals surface area contributed by atoms with E-state index in [1.807, 2.05) is 13.0 Å². The first-order chi connectivity index (χ1) is 9.06. The molecule has 2 N–H and O–H groups in total. The second-order valence-electron chi connectivity index (χ2n) is 4.58. The molecule has 1 atom stereocenters. The van der Waals surface area contributed by atoms with E-state index in [0.717, 1.165) is 12.8 Å². The van der Waals surface area contributed by atoms with E-state index in [4.69, 9.17) is 0 Å². The van der Waals surface area contributed by atoms with Crippen molar-refractivity contribution in [2.24, 2.45) is 0 Å². The Bertz CT molecular complexity index is 430. The van der Waals surface area contributed by atoms with Crippen LogP contribution in [0.5, 0.6) is 0 Å². The predicted molar refractivity (Wildman–Crippen MR) is 73.7 cm³/mol. The molecule has 1 unspecified atom stereocenters. The molecule has 19 heavy (non-hydrogen) atoms. The van der Waals surface area contributed by atoms with Gasteiger partial charge in [0.2, 0.25) is 5.91 Å². The van der Waals surface area contributed by atoms with Gasteiger partial charge in [-0.1, -0.05) is 50.6 Å². The molecule has 0 aliphatic rings. The molecule has 0 aromatic heterocycles. The van der Waals surface area contributed by atoms with Gasteiger partial charge in [-0.2, -0.15) is 0 Å². The van der Waals surface area contributed by atoms with Gasteiger partial charge in [-0.25, -0.2) is 4.79 Å². The Balaban J connectivity index is 3.01. The monoisotopic (exact) mass is 263 g/mol. The molecule has 4 nitrogen and oxygen atoms in total. The number of amides is 1. The summed E-state index contributed by atoms with van der Waals surface area (Å²) < 4.78 is 0. The molecule has 0 heterocycles. The van der Waals surface area contributed by atoms with Gasteiger partial charge in [-0.15, -0.1) is 0 Å². The summed E-state index contributed by atoms with van der Waals surface area (Å²) in [5.41, 5.74) is -0.721. The first-order valence-electron chi connectivity index (χ1n) is 6.66. The molecule has 0 radical (unpaired) electrons. The highest BCUT2D eigenvalue weighted by atomic mass is 16.4. The van der Waals surface area contributed by atoms with Crippen molar-refractivity contribution in [3.05, 3.63) is 35.9 Å². The number of hydrogen-bond donors (Lipinski definition) is 2. The number of unbranched alkanes of at least 4 members (excludes halogenated alkanes) is 1. The van der Waals surface area contributed by atoms with Gasteiger partial charge in [0.05, 0.1) is 0 Å². The van der Waals surface area contributed by atoms with Crippen LogP contribution < -0.4 is 5.32 Å². The van der Waals surface area contributed by atoms with Crippen molar-refractivity contribution in [1.82, 2.24) is 5.32 Å². The molecule has 1 aromatic rings. The minimum absolute atomic E-state index is 0.213. The standard InChI is InChI=1S/C15H21NO3/c1-3-5-11-13(17)16-15(4-2,14(18)19)12-9-7-6-8-10-12/h6-10H,3-5,11H2,1-2H3,(H,16,17)(H,18,19). The van der Waals surface area contributed by atoms with Crippen LogP contribution in [-0.4, -0.2) is 17.0 Å². The van der Waals surface area contributed by atoms with Gasteiger partial charge in [-0.05, 0) is 18.4 Å². The lowest BCUT2D eigenvalue weighted by atomic mass is 9.87. The van der Waals surface area contributed by atoms with Crippen LogP contribution in [0, 0.1) is 0 Å². The largest absolute Gasteiger partial charge is 0.479 e. The van der Waals surface area contributed by atoms with E-state index < -0.39 is 11.5 Å². The average molecular weight is 263 g/mol. The summed E-state index contributed by atoms with van der Waals surface area (Å²) in [5.74, 6) is -1.24. The predicted octanol–water partition coefficient (Wildman–Crippen LogP) is 2.68. The quantitative estimate of drug-likeness (QED) is 0.794. The summed E-state index contributed by atoms with van der Waals surface area (Å²) in [6.07, 6.45) is 2.34. The van der Waals surface area contributed by atoms with Crippen LogP contribution in [0.25, 0.3) is 0 Å². The molecule has 4 heteroatoms. The maximum Gasteiger partial charge on any atom is 0.334 e. The molecule has 0 aliphatic carbocycles. The maximum atomic E-state index is 11.9. The van der Waals surface area contributed by atoms with Crippen molar-refractivity contribution in [3.8, 4) is 0 Å². The van der Waals surface area contributed by atoms with E-state index in [1.54, 1.807) is 31.2 Å². The van der Waals surface area contributed by atoms with Crippen LogP contribution in [0.3, 0.4) is 0 Å². The van der Waals surface area contributed by atoms with Crippen molar-refractivity contribution in [2.45, 2.75) is 45.1 Å². The highest BCUT2D eigenvalue weighted by Crippen LogP contribution is 2.25. The molecule has 104 valence electrons. The van der Waals surface area contributed by atoms with E-state index in [9.17, 15) is 14.7 Å². The number of carbonyl (C=O) groups excluding carboxylic acids is 1. The molecular formula is C15H21NO3. The highest BCUT2D eigenvalue weighted by molar-refractivity contribution is 5.88. The molecule has 1 amide bonds. The molecular weight excluding hydrogens is 242 g/mol. The second kappa shape index (κ2) is 6.92. The van der Waals surface area contributed by atoms with Crippen LogP contribution in [0.15, 0.2) is 30.3 Å². The minimum atomic E-state index is -1.33. The van der Waals surface area contributed by atoms with Gasteiger partial charge < -0.3 is 10.4 Å². The number of aliphatic carboxylic acids is 1. The van der Waals surface area contributed by atoms with Crippen LogP contribution in [0.2, 0.25) is 0 Å². The maximum absolute atomic E-state index is 11.9. The summed E-state index contributed by atoms with van der Waals surface area (Å²) in [4.78, 5) is 23.5. The smallest absolute Gasteiger partial charge is 0.334 e. The Morgan fingerprint density at radius 2 is 1.84 bits per heavy atom. The first kappa shape index (κ1) is 15.2. The molecule has 0 saturated carbocycles. The molecule has 1 aromatic carbocycles. The van der Waals surface area contributed by atoms with Gasteiger partial charge in [0.25, 0.3) is 0 Å². The van der Waals surface area contributed by atoms with Crippen LogP contribution in [0.4, 0.5) is 0 Å². The number of carbonyl (C=O) groups is 2. The van der Waals surface area contributed by atoms with Gasteiger partial charge in [-0.3, -0.25) is 4.79 Å². The zero-order chi connectivity index (χ0) is 14.3. The van der Waals surface area contributed by atoms with Crippen molar-refractivity contribution in [3.63, 3.8) is 0 Å². The summed E-state index contributed by atoms with van der Waals surface area (Å²) >= 11 is 0. The van der Waals surface area contributed by atoms with Crippen molar-refractivity contribution in [1.29, 1.82) is 0 Å². The third-order valence-electron chi connectivity index (χ3n) is 3.27. The molecule has 0 spiro atoms. The average Bonchev–Trinajstić information content (AvgIpc) is 2.43. The fourth-order valence-electron chi connectivity index (χ4n) is 2.05. The van der Waals surface area contributed by atoms with E-state index in [1.165, 1.54) is 0 Å². The fraction of sp³-hybridized carbons (Fsp3) is 0.467. The van der Waals surface area contributed by atoms with Crippen molar-refractivity contribution < 1.29 is 14.7 Å². The zero-order valence-electron chi connectivity index (χ0n) is 11.5. The summed E-state index contributed by atoms with van der Waals surface area (Å²) in [7, 11) is 0. The number of benzene rings is 1. The SMILES string of the molecule is CCCCC(=O)NC(CC)(C(=O)O)c1ccccc1. The number of carboxylic acid groups (broad SMARTS) is 1. The fourth-order valence-corrected chi connectivity index (χ4v) is 2.05. The first-order valence-corrected chi connectivity index (χ1v) is 6.66. The minimum Gasteiger partial charge on any atom is -0.479 e. The van der Waals surface area contributed by atoms with Crippen LogP contribution in [-0.2, 0) is 15.1 Å². The Morgan fingerprint density at radius 1 is 1.21 bits per heavy atom. The lowest BCUT2D eigenvalue weighted by Gasteiger charge is -2.30. The number of carboxylic acids is 1. The van der Waals surface area contributed by atoms with E-state index >= 15 is 0 Å². The lowest BCUT2D eigenvalue weighted by Crippen LogP contribution is -2.51. The van der Waals surface area contributed by atoms with Gasteiger partial charge >= 0.3 is 5.97 Å². The van der Waals surface area contributed by atoms with Crippen molar-refractivity contribution >= 4 is 11.9 Å². The summed E-state index contributed by atoms with van der Waals surface area (Å²) in [6.45, 7) is 3.76. The van der Waals surface area contributed by atoms with Gasteiger partial charge in [0.1, 0.15) is 0 Å². The van der Waals surface area contributed by atoms with Crippen LogP contribution in [0.1, 0.15) is 45.1 Å². The van der Waals surface area contributed by atoms with Crippen molar-refractivity contribution in [2.75, 3.05) is 0 Å².